The number of halogens is 1. The highest BCUT2D eigenvalue weighted by molar-refractivity contribution is 6.33. The number of hydrogen-bond acceptors (Lipinski definition) is 7. The Morgan fingerprint density at radius 2 is 1.72 bits per heavy atom. The number of methoxy groups -OCH3 is 1. The molecule has 0 aliphatic carbocycles. The summed E-state index contributed by atoms with van der Waals surface area (Å²) in [6.45, 7) is 0.196. The number of nitrogens with one attached hydrogen (secondary N) is 2. The molecule has 0 unspecified atom stereocenters. The van der Waals surface area contributed by atoms with Crippen molar-refractivity contribution in [2.24, 2.45) is 5.10 Å². The molecule has 10 nitrogen and oxygen atoms in total. The highest BCUT2D eigenvalue weighted by Gasteiger charge is 2.19. The Hall–Kier alpha value is -4.44. The second kappa shape index (κ2) is 12.9. The number of nitrogens with zero attached hydrogens (tertiary/aromatic N) is 2. The predicted molar refractivity (Wildman–Crippen MR) is 135 cm³/mol. The van der Waals surface area contributed by atoms with Gasteiger partial charge < -0.3 is 14.8 Å². The molecule has 0 aliphatic rings. The number of carbonyl (C=O) groups is 2. The molecule has 2 amide bonds. The van der Waals surface area contributed by atoms with Crippen LogP contribution < -0.4 is 20.2 Å². The normalized spacial score (nSPS) is 10.6. The van der Waals surface area contributed by atoms with E-state index in [1.54, 1.807) is 24.3 Å². The minimum absolute atomic E-state index is 0.0978. The van der Waals surface area contributed by atoms with Gasteiger partial charge in [0.2, 0.25) is 11.8 Å². The minimum Gasteiger partial charge on any atom is -0.493 e. The molecule has 0 radical (unpaired) electrons. The summed E-state index contributed by atoms with van der Waals surface area (Å²) in [6, 6.07) is 18.7. The molecule has 0 fully saturated rings. The lowest BCUT2D eigenvalue weighted by atomic mass is 10.1. The lowest BCUT2D eigenvalue weighted by molar-refractivity contribution is -0.385. The number of hydrazone groups is 1. The van der Waals surface area contributed by atoms with Gasteiger partial charge in [-0.25, -0.2) is 5.43 Å². The van der Waals surface area contributed by atoms with Gasteiger partial charge in [-0.1, -0.05) is 54.1 Å². The molecule has 0 spiro atoms. The molecule has 3 aromatic carbocycles. The number of benzene rings is 3. The van der Waals surface area contributed by atoms with Crippen LogP contribution >= 0.6 is 11.6 Å². The molecule has 186 valence electrons. The molecular formula is C25H23ClN4O6. The summed E-state index contributed by atoms with van der Waals surface area (Å²) in [6.07, 6.45) is 0.878. The maximum atomic E-state index is 12.1. The van der Waals surface area contributed by atoms with E-state index in [1.807, 2.05) is 30.3 Å². The average Bonchev–Trinajstić information content (AvgIpc) is 2.88. The number of nitro benzene ring substituents is 1. The number of para-hydroxylation sites is 1. The maximum absolute atomic E-state index is 12.1. The molecule has 3 rings (SSSR count). The number of rotatable bonds is 11. The largest absolute Gasteiger partial charge is 0.493 e. The minimum atomic E-state index is -0.586. The fraction of sp³-hybridized carbons (Fsp3) is 0.160. The third kappa shape index (κ3) is 7.54. The van der Waals surface area contributed by atoms with Crippen molar-refractivity contribution in [3.8, 4) is 11.5 Å². The zero-order valence-electron chi connectivity index (χ0n) is 19.3. The second-order valence-corrected chi connectivity index (χ2v) is 7.82. The third-order valence-corrected chi connectivity index (χ3v) is 5.20. The second-order valence-electron chi connectivity index (χ2n) is 7.41. The first-order valence-corrected chi connectivity index (χ1v) is 11.1. The van der Waals surface area contributed by atoms with E-state index in [0.29, 0.717) is 10.7 Å². The fourth-order valence-electron chi connectivity index (χ4n) is 3.07. The van der Waals surface area contributed by atoms with Crippen LogP contribution in [0.4, 0.5) is 11.4 Å². The van der Waals surface area contributed by atoms with Crippen molar-refractivity contribution < 1.29 is 24.0 Å². The SMILES string of the molecule is COc1cc(C=NNC(=O)CCC(=O)Nc2ccccc2Cl)c([N+](=O)[O-])cc1OCc1ccccc1. The Balaban J connectivity index is 1.60. The van der Waals surface area contributed by atoms with E-state index in [0.717, 1.165) is 11.8 Å². The van der Waals surface area contributed by atoms with E-state index < -0.39 is 16.7 Å². The van der Waals surface area contributed by atoms with Crippen molar-refractivity contribution >= 4 is 41.0 Å². The Morgan fingerprint density at radius 3 is 2.42 bits per heavy atom. The van der Waals surface area contributed by atoms with Crippen LogP contribution in [0.25, 0.3) is 0 Å². The summed E-state index contributed by atoms with van der Waals surface area (Å²) < 4.78 is 11.0. The van der Waals surface area contributed by atoms with E-state index in [1.165, 1.54) is 19.2 Å². The van der Waals surface area contributed by atoms with E-state index >= 15 is 0 Å². The smallest absolute Gasteiger partial charge is 0.282 e. The van der Waals surface area contributed by atoms with Crippen LogP contribution in [0.2, 0.25) is 5.02 Å². The van der Waals surface area contributed by atoms with Gasteiger partial charge >= 0.3 is 0 Å². The highest BCUT2D eigenvalue weighted by Crippen LogP contribution is 2.34. The van der Waals surface area contributed by atoms with Gasteiger partial charge in [0.15, 0.2) is 11.5 Å². The van der Waals surface area contributed by atoms with E-state index in [-0.39, 0.29) is 42.2 Å². The number of anilines is 1. The molecule has 0 aromatic heterocycles. The Bertz CT molecular complexity index is 1270. The quantitative estimate of drug-likeness (QED) is 0.218. The van der Waals surface area contributed by atoms with Crippen LogP contribution in [-0.2, 0) is 16.2 Å². The topological polar surface area (TPSA) is 132 Å². The summed E-state index contributed by atoms with van der Waals surface area (Å²) in [7, 11) is 1.41. The zero-order valence-corrected chi connectivity index (χ0v) is 20.0. The molecule has 3 aromatic rings. The lowest BCUT2D eigenvalue weighted by Gasteiger charge is -2.12. The van der Waals surface area contributed by atoms with E-state index in [4.69, 9.17) is 21.1 Å². The summed E-state index contributed by atoms with van der Waals surface area (Å²) in [5.41, 5.74) is 3.40. The highest BCUT2D eigenvalue weighted by atomic mass is 35.5. The van der Waals surface area contributed by atoms with Gasteiger partial charge in [0, 0.05) is 12.8 Å². The van der Waals surface area contributed by atoms with Crippen molar-refractivity contribution in [2.75, 3.05) is 12.4 Å². The van der Waals surface area contributed by atoms with Crippen molar-refractivity contribution in [1.29, 1.82) is 0 Å². The number of ether oxygens (including phenoxy) is 2. The van der Waals surface area contributed by atoms with Crippen LogP contribution in [0.3, 0.4) is 0 Å². The van der Waals surface area contributed by atoms with Gasteiger partial charge in [0.1, 0.15) is 6.61 Å². The van der Waals surface area contributed by atoms with Gasteiger partial charge in [0.25, 0.3) is 5.69 Å². The molecule has 0 bridgehead atoms. The Morgan fingerprint density at radius 1 is 1.03 bits per heavy atom. The third-order valence-electron chi connectivity index (χ3n) is 4.87. The van der Waals surface area contributed by atoms with Crippen molar-refractivity contribution in [3.05, 3.63) is 93.0 Å². The van der Waals surface area contributed by atoms with Crippen molar-refractivity contribution in [3.63, 3.8) is 0 Å². The van der Waals surface area contributed by atoms with Crippen LogP contribution in [0.1, 0.15) is 24.0 Å². The zero-order chi connectivity index (χ0) is 25.9. The van der Waals surface area contributed by atoms with E-state index in [2.05, 4.69) is 15.8 Å². The van der Waals surface area contributed by atoms with Gasteiger partial charge in [-0.2, -0.15) is 5.10 Å². The molecule has 0 saturated carbocycles. The van der Waals surface area contributed by atoms with Gasteiger partial charge in [-0.15, -0.1) is 0 Å². The molecular weight excluding hydrogens is 488 g/mol. The van der Waals surface area contributed by atoms with Crippen molar-refractivity contribution in [1.82, 2.24) is 5.43 Å². The summed E-state index contributed by atoms with van der Waals surface area (Å²) in [5.74, 6) is -0.481. The predicted octanol–water partition coefficient (Wildman–Crippen LogP) is 4.70. The van der Waals surface area contributed by atoms with Crippen LogP contribution in [0.5, 0.6) is 11.5 Å². The Labute approximate surface area is 212 Å². The van der Waals surface area contributed by atoms with Gasteiger partial charge in [-0.3, -0.25) is 19.7 Å². The molecule has 2 N–H and O–H groups in total. The first kappa shape index (κ1) is 26.2. The first-order chi connectivity index (χ1) is 17.4. The summed E-state index contributed by atoms with van der Waals surface area (Å²) in [5, 5.41) is 18.4. The lowest BCUT2D eigenvalue weighted by Crippen LogP contribution is -2.20. The standard InChI is InChI=1S/C25H23ClN4O6/c1-35-22-13-18(21(30(33)34)14-23(22)36-16-17-7-3-2-4-8-17)15-27-29-25(32)12-11-24(31)28-20-10-6-5-9-19(20)26/h2-10,13-15H,11-12,16H2,1H3,(H,28,31)(H,29,32). The first-order valence-electron chi connectivity index (χ1n) is 10.8. The van der Waals surface area contributed by atoms with Gasteiger partial charge in [-0.05, 0) is 23.8 Å². The maximum Gasteiger partial charge on any atom is 0.282 e. The summed E-state index contributed by atoms with van der Waals surface area (Å²) in [4.78, 5) is 35.1. The number of amides is 2. The molecule has 11 heteroatoms. The van der Waals surface area contributed by atoms with Gasteiger partial charge in [0.05, 0.1) is 40.6 Å². The number of hydrogen-bond donors (Lipinski definition) is 2. The van der Waals surface area contributed by atoms with E-state index in [9.17, 15) is 19.7 Å². The molecule has 0 aliphatic heterocycles. The molecule has 0 heterocycles. The average molecular weight is 511 g/mol. The molecule has 0 atom stereocenters. The van der Waals surface area contributed by atoms with Crippen LogP contribution in [0, 0.1) is 10.1 Å². The van der Waals surface area contributed by atoms with Crippen LogP contribution in [0.15, 0.2) is 71.8 Å². The Kier molecular flexibility index (Phi) is 9.35. The fourth-order valence-corrected chi connectivity index (χ4v) is 3.25. The van der Waals surface area contributed by atoms with Crippen LogP contribution in [-0.4, -0.2) is 30.1 Å². The summed E-state index contributed by atoms with van der Waals surface area (Å²) >= 11 is 5.99. The number of nitro groups is 1. The molecule has 36 heavy (non-hydrogen) atoms. The molecule has 0 saturated heterocycles. The monoisotopic (exact) mass is 510 g/mol. The van der Waals surface area contributed by atoms with Crippen molar-refractivity contribution in [2.45, 2.75) is 19.4 Å². The number of carbonyl (C=O) groups excluding carboxylic acids is 2.